The van der Waals surface area contributed by atoms with Crippen molar-refractivity contribution in [3.8, 4) is 0 Å². The van der Waals surface area contributed by atoms with Crippen molar-refractivity contribution in [1.29, 1.82) is 0 Å². The molecule has 0 saturated heterocycles. The molecule has 0 aliphatic heterocycles. The van der Waals surface area contributed by atoms with E-state index in [1.54, 1.807) is 12.1 Å². The molecule has 11 heteroatoms. The molecule has 3 amide bonds. The predicted molar refractivity (Wildman–Crippen MR) is 103 cm³/mol. The Morgan fingerprint density at radius 2 is 1.35 bits per heavy atom. The molecule has 2 aromatic rings. The van der Waals surface area contributed by atoms with Gasteiger partial charge >= 0.3 is 18.4 Å². The van der Waals surface area contributed by atoms with Crippen molar-refractivity contribution in [2.45, 2.75) is 43.4 Å². The Balaban J connectivity index is 2.08. The molecule has 0 atom stereocenters. The van der Waals surface area contributed by atoms with E-state index in [4.69, 9.17) is 0 Å². The van der Waals surface area contributed by atoms with Gasteiger partial charge in [-0.2, -0.15) is 26.3 Å². The van der Waals surface area contributed by atoms with Crippen molar-refractivity contribution >= 4 is 23.9 Å². The number of imide groups is 1. The third kappa shape index (κ3) is 6.65. The lowest BCUT2D eigenvalue weighted by molar-refractivity contribution is -0.144. The minimum Gasteiger partial charge on any atom is -0.277 e. The molecule has 0 bridgehead atoms. The number of carbonyl (C=O) groups excluding carboxylic acids is 2. The van der Waals surface area contributed by atoms with Crippen LogP contribution >= 0.6 is 11.9 Å². The van der Waals surface area contributed by atoms with Crippen LogP contribution in [0.3, 0.4) is 0 Å². The van der Waals surface area contributed by atoms with Crippen molar-refractivity contribution in [2.75, 3.05) is 0 Å². The second kappa shape index (κ2) is 8.81. The SMILES string of the molecule is CC(C)(C)c1ccc(C(=O)NC(=O)NSc2ccc(C(F)(F)F)cc2C(F)(F)F)cc1. The zero-order chi connectivity index (χ0) is 23.6. The largest absolute Gasteiger partial charge is 0.417 e. The Hall–Kier alpha value is -2.69. The second-order valence-corrected chi connectivity index (χ2v) is 8.37. The molecular formula is C20H18F6N2O2S. The fraction of sp³-hybridized carbons (Fsp3) is 0.300. The van der Waals surface area contributed by atoms with Crippen LogP contribution in [0, 0.1) is 0 Å². The van der Waals surface area contributed by atoms with Crippen molar-refractivity contribution in [3.05, 3.63) is 64.7 Å². The van der Waals surface area contributed by atoms with E-state index in [9.17, 15) is 35.9 Å². The van der Waals surface area contributed by atoms with E-state index >= 15 is 0 Å². The molecule has 2 rings (SSSR count). The Morgan fingerprint density at radius 3 is 1.84 bits per heavy atom. The molecule has 0 fully saturated rings. The smallest absolute Gasteiger partial charge is 0.277 e. The molecule has 2 N–H and O–H groups in total. The first-order chi connectivity index (χ1) is 14.1. The molecule has 0 aliphatic carbocycles. The van der Waals surface area contributed by atoms with E-state index in [1.807, 2.05) is 30.8 Å². The maximum atomic E-state index is 13.1. The molecule has 0 spiro atoms. The number of amides is 3. The molecular weight excluding hydrogens is 446 g/mol. The van der Waals surface area contributed by atoms with Gasteiger partial charge in [-0.25, -0.2) is 4.79 Å². The van der Waals surface area contributed by atoms with E-state index < -0.39 is 40.3 Å². The third-order valence-corrected chi connectivity index (χ3v) is 4.97. The fourth-order valence-electron chi connectivity index (χ4n) is 2.44. The number of carbonyl (C=O) groups is 2. The number of halogens is 6. The van der Waals surface area contributed by atoms with Gasteiger partial charge in [0.25, 0.3) is 5.91 Å². The van der Waals surface area contributed by atoms with Crippen LogP contribution in [-0.4, -0.2) is 11.9 Å². The first-order valence-corrected chi connectivity index (χ1v) is 9.58. The van der Waals surface area contributed by atoms with Crippen molar-refractivity contribution in [2.24, 2.45) is 0 Å². The van der Waals surface area contributed by atoms with Crippen LogP contribution in [0.5, 0.6) is 0 Å². The number of alkyl halides is 6. The van der Waals surface area contributed by atoms with E-state index in [-0.39, 0.29) is 29.0 Å². The number of rotatable bonds is 3. The quantitative estimate of drug-likeness (QED) is 0.422. The summed E-state index contributed by atoms with van der Waals surface area (Å²) in [4.78, 5) is 23.4. The first-order valence-electron chi connectivity index (χ1n) is 8.76. The topological polar surface area (TPSA) is 58.2 Å². The minimum absolute atomic E-state index is 0.0379. The van der Waals surface area contributed by atoms with Gasteiger partial charge in [0, 0.05) is 10.5 Å². The van der Waals surface area contributed by atoms with Gasteiger partial charge < -0.3 is 0 Å². The highest BCUT2D eigenvalue weighted by Crippen LogP contribution is 2.39. The van der Waals surface area contributed by atoms with Gasteiger partial charge in [0.1, 0.15) is 0 Å². The van der Waals surface area contributed by atoms with Gasteiger partial charge in [-0.1, -0.05) is 32.9 Å². The normalized spacial score (nSPS) is 12.4. The van der Waals surface area contributed by atoms with Crippen LogP contribution in [0.4, 0.5) is 31.1 Å². The molecule has 0 aromatic heterocycles. The van der Waals surface area contributed by atoms with Gasteiger partial charge in [0.15, 0.2) is 0 Å². The summed E-state index contributed by atoms with van der Waals surface area (Å²) in [6, 6.07) is 6.32. The van der Waals surface area contributed by atoms with Gasteiger partial charge in [-0.3, -0.25) is 14.8 Å². The zero-order valence-electron chi connectivity index (χ0n) is 16.5. The van der Waals surface area contributed by atoms with E-state index in [2.05, 4.69) is 0 Å². The highest BCUT2D eigenvalue weighted by molar-refractivity contribution is 7.98. The molecule has 0 heterocycles. The Labute approximate surface area is 178 Å². The third-order valence-electron chi connectivity index (χ3n) is 4.11. The highest BCUT2D eigenvalue weighted by atomic mass is 32.2. The number of urea groups is 1. The van der Waals surface area contributed by atoms with Crippen LogP contribution < -0.4 is 10.0 Å². The summed E-state index contributed by atoms with van der Waals surface area (Å²) in [5.74, 6) is -0.790. The maximum absolute atomic E-state index is 13.1. The number of hydrogen-bond acceptors (Lipinski definition) is 3. The van der Waals surface area contributed by atoms with Gasteiger partial charge in [-0.15, -0.1) is 0 Å². The Kier molecular flexibility index (Phi) is 6.99. The standard InChI is InChI=1S/C20H18F6N2O2S/c1-18(2,3)12-6-4-11(5-7-12)16(29)27-17(30)28-31-15-9-8-13(19(21,22)23)10-14(15)20(24,25)26/h4-10H,1-3H3,(H2,27,28,29,30). The molecule has 0 aliphatic rings. The summed E-state index contributed by atoms with van der Waals surface area (Å²) in [6.07, 6.45) is -10.0. The molecule has 168 valence electrons. The summed E-state index contributed by atoms with van der Waals surface area (Å²) in [5, 5.41) is 1.95. The lowest BCUT2D eigenvalue weighted by Gasteiger charge is -2.19. The predicted octanol–water partition coefficient (Wildman–Crippen LogP) is 6.17. The first kappa shape index (κ1) is 24.6. The molecule has 4 nitrogen and oxygen atoms in total. The minimum atomic E-state index is -5.08. The monoisotopic (exact) mass is 464 g/mol. The summed E-state index contributed by atoms with van der Waals surface area (Å²) < 4.78 is 79.5. The zero-order valence-corrected chi connectivity index (χ0v) is 17.4. The molecule has 31 heavy (non-hydrogen) atoms. The lowest BCUT2D eigenvalue weighted by atomic mass is 9.87. The van der Waals surface area contributed by atoms with Crippen LogP contribution in [0.25, 0.3) is 0 Å². The van der Waals surface area contributed by atoms with Crippen LogP contribution in [0.15, 0.2) is 47.4 Å². The Morgan fingerprint density at radius 1 is 0.806 bits per heavy atom. The average molecular weight is 464 g/mol. The average Bonchev–Trinajstić information content (AvgIpc) is 2.64. The number of hydrogen-bond donors (Lipinski definition) is 2. The van der Waals surface area contributed by atoms with Crippen LogP contribution in [0.2, 0.25) is 0 Å². The number of nitrogens with one attached hydrogen (secondary N) is 2. The molecule has 2 aromatic carbocycles. The van der Waals surface area contributed by atoms with Crippen molar-refractivity contribution in [3.63, 3.8) is 0 Å². The van der Waals surface area contributed by atoms with E-state index in [0.29, 0.717) is 12.1 Å². The second-order valence-electron chi connectivity index (χ2n) is 7.52. The van der Waals surface area contributed by atoms with Gasteiger partial charge in [0.2, 0.25) is 0 Å². The molecule has 0 unspecified atom stereocenters. The van der Waals surface area contributed by atoms with E-state index in [1.165, 1.54) is 12.1 Å². The van der Waals surface area contributed by atoms with E-state index in [0.717, 1.165) is 5.56 Å². The van der Waals surface area contributed by atoms with Crippen LogP contribution in [-0.2, 0) is 17.8 Å². The van der Waals surface area contributed by atoms with Gasteiger partial charge in [0.05, 0.1) is 11.1 Å². The summed E-state index contributed by atoms with van der Waals surface area (Å²) in [5.41, 5.74) is -2.08. The van der Waals surface area contributed by atoms with Gasteiger partial charge in [-0.05, 0) is 53.3 Å². The summed E-state index contributed by atoms with van der Waals surface area (Å²) in [7, 11) is 0. The van der Waals surface area contributed by atoms with Crippen molar-refractivity contribution < 1.29 is 35.9 Å². The fourth-order valence-corrected chi connectivity index (χ4v) is 3.11. The summed E-state index contributed by atoms with van der Waals surface area (Å²) >= 11 is 0.143. The summed E-state index contributed by atoms with van der Waals surface area (Å²) in [6.45, 7) is 5.93. The maximum Gasteiger partial charge on any atom is 0.417 e. The molecule has 0 radical (unpaired) electrons. The lowest BCUT2D eigenvalue weighted by Crippen LogP contribution is -2.36. The highest BCUT2D eigenvalue weighted by Gasteiger charge is 2.38. The Bertz CT molecular complexity index is 964. The number of benzene rings is 2. The van der Waals surface area contributed by atoms with Crippen molar-refractivity contribution in [1.82, 2.24) is 10.0 Å². The molecule has 0 saturated carbocycles. The van der Waals surface area contributed by atoms with Crippen LogP contribution in [0.1, 0.15) is 47.8 Å².